The Morgan fingerprint density at radius 3 is 2.53 bits per heavy atom. The number of benzene rings is 1. The minimum atomic E-state index is -0.661. The largest absolute Gasteiger partial charge is 0.386 e. The van der Waals surface area contributed by atoms with Crippen molar-refractivity contribution in [2.45, 2.75) is 31.9 Å². The fourth-order valence-electron chi connectivity index (χ4n) is 2.61. The predicted molar refractivity (Wildman–Crippen MR) is 74.7 cm³/mol. The Morgan fingerprint density at radius 2 is 1.95 bits per heavy atom. The van der Waals surface area contributed by atoms with Gasteiger partial charge in [0.1, 0.15) is 6.10 Å². The first kappa shape index (κ1) is 14.0. The molecular formula is C15H22N2O2. The molecule has 0 radical (unpaired) electrons. The molecule has 2 rings (SSSR count). The normalized spacial score (nSPS) is 19.1. The van der Waals surface area contributed by atoms with Gasteiger partial charge in [-0.25, -0.2) is 0 Å². The number of likely N-dealkylation sites (tertiary alicyclic amines) is 1. The molecule has 0 aromatic heterocycles. The lowest BCUT2D eigenvalue weighted by atomic mass is 10.0. The molecule has 1 fully saturated rings. The van der Waals surface area contributed by atoms with Crippen molar-refractivity contribution < 1.29 is 9.90 Å². The Bertz CT molecular complexity index is 402. The average molecular weight is 262 g/mol. The standard InChI is InChI=1S/C15H22N2O2/c1-12(18)16-14(11-17-9-5-6-10-17)15(19)13-7-3-2-4-8-13/h2-4,7-8,14-15,19H,5-6,9-11H2,1H3,(H,16,18)/t14-,15-/m0/s1. The summed E-state index contributed by atoms with van der Waals surface area (Å²) < 4.78 is 0. The molecule has 1 aromatic rings. The second kappa shape index (κ2) is 6.68. The molecule has 0 bridgehead atoms. The maximum atomic E-state index is 11.3. The summed E-state index contributed by atoms with van der Waals surface area (Å²) in [6.07, 6.45) is 1.74. The molecule has 1 amide bonds. The number of carbonyl (C=O) groups excluding carboxylic acids is 1. The Hall–Kier alpha value is -1.39. The van der Waals surface area contributed by atoms with Crippen molar-refractivity contribution in [3.63, 3.8) is 0 Å². The minimum Gasteiger partial charge on any atom is -0.386 e. The van der Waals surface area contributed by atoms with E-state index in [0.717, 1.165) is 18.7 Å². The van der Waals surface area contributed by atoms with Gasteiger partial charge in [0.25, 0.3) is 0 Å². The lowest BCUT2D eigenvalue weighted by molar-refractivity contribution is -0.120. The molecule has 0 spiro atoms. The van der Waals surface area contributed by atoms with Crippen LogP contribution in [-0.4, -0.2) is 41.6 Å². The van der Waals surface area contributed by atoms with Crippen LogP contribution >= 0.6 is 0 Å². The molecule has 2 N–H and O–H groups in total. The molecule has 1 saturated heterocycles. The molecule has 1 heterocycles. The third kappa shape index (κ3) is 4.04. The fraction of sp³-hybridized carbons (Fsp3) is 0.533. The van der Waals surface area contributed by atoms with Crippen LogP contribution in [-0.2, 0) is 4.79 Å². The molecule has 4 nitrogen and oxygen atoms in total. The topological polar surface area (TPSA) is 52.6 Å². The van der Waals surface area contributed by atoms with E-state index in [1.165, 1.54) is 19.8 Å². The average Bonchev–Trinajstić information content (AvgIpc) is 2.90. The highest BCUT2D eigenvalue weighted by Gasteiger charge is 2.25. The second-order valence-corrected chi connectivity index (χ2v) is 5.17. The number of amides is 1. The van der Waals surface area contributed by atoms with Crippen molar-refractivity contribution in [1.82, 2.24) is 10.2 Å². The van der Waals surface area contributed by atoms with E-state index in [0.29, 0.717) is 6.54 Å². The van der Waals surface area contributed by atoms with Crippen molar-refractivity contribution >= 4 is 5.91 Å². The zero-order valence-corrected chi connectivity index (χ0v) is 11.4. The number of aliphatic hydroxyl groups is 1. The summed E-state index contributed by atoms with van der Waals surface area (Å²) in [4.78, 5) is 13.6. The number of nitrogens with one attached hydrogen (secondary N) is 1. The zero-order valence-electron chi connectivity index (χ0n) is 11.4. The fourth-order valence-corrected chi connectivity index (χ4v) is 2.61. The molecule has 2 atom stereocenters. The van der Waals surface area contributed by atoms with E-state index in [9.17, 15) is 9.90 Å². The SMILES string of the molecule is CC(=O)N[C@@H](CN1CCCC1)[C@@H](O)c1ccccc1. The van der Waals surface area contributed by atoms with E-state index in [4.69, 9.17) is 0 Å². The van der Waals surface area contributed by atoms with Crippen LogP contribution in [0.15, 0.2) is 30.3 Å². The highest BCUT2D eigenvalue weighted by Crippen LogP contribution is 2.19. The van der Waals surface area contributed by atoms with E-state index in [-0.39, 0.29) is 11.9 Å². The van der Waals surface area contributed by atoms with Gasteiger partial charge in [0.2, 0.25) is 5.91 Å². The lowest BCUT2D eigenvalue weighted by Crippen LogP contribution is -2.45. The molecule has 1 aliphatic heterocycles. The van der Waals surface area contributed by atoms with Crippen LogP contribution in [0, 0.1) is 0 Å². The van der Waals surface area contributed by atoms with Gasteiger partial charge in [-0.2, -0.15) is 0 Å². The maximum absolute atomic E-state index is 11.3. The van der Waals surface area contributed by atoms with Crippen molar-refractivity contribution in [2.24, 2.45) is 0 Å². The number of rotatable bonds is 5. The van der Waals surface area contributed by atoms with Crippen LogP contribution < -0.4 is 5.32 Å². The number of carbonyl (C=O) groups is 1. The van der Waals surface area contributed by atoms with Crippen LogP contribution in [0.3, 0.4) is 0 Å². The van der Waals surface area contributed by atoms with Gasteiger partial charge in [-0.3, -0.25) is 4.79 Å². The Kier molecular flexibility index (Phi) is 4.93. The molecule has 0 saturated carbocycles. The number of hydrogen-bond acceptors (Lipinski definition) is 3. The number of aliphatic hydroxyl groups excluding tert-OH is 1. The zero-order chi connectivity index (χ0) is 13.7. The van der Waals surface area contributed by atoms with Crippen LogP contribution in [0.25, 0.3) is 0 Å². The summed E-state index contributed by atoms with van der Waals surface area (Å²) in [5.41, 5.74) is 0.848. The smallest absolute Gasteiger partial charge is 0.217 e. The first-order chi connectivity index (χ1) is 9.16. The molecule has 1 aromatic carbocycles. The van der Waals surface area contributed by atoms with Gasteiger partial charge in [-0.05, 0) is 31.5 Å². The summed E-state index contributed by atoms with van der Waals surface area (Å²) in [6, 6.07) is 9.26. The Morgan fingerprint density at radius 1 is 1.32 bits per heavy atom. The van der Waals surface area contributed by atoms with Gasteiger partial charge in [-0.1, -0.05) is 30.3 Å². The summed E-state index contributed by atoms with van der Waals surface area (Å²) in [6.45, 7) is 4.31. The highest BCUT2D eigenvalue weighted by molar-refractivity contribution is 5.73. The molecule has 1 aliphatic rings. The molecule has 0 unspecified atom stereocenters. The molecule has 0 aliphatic carbocycles. The van der Waals surface area contributed by atoms with Crippen molar-refractivity contribution in [1.29, 1.82) is 0 Å². The van der Waals surface area contributed by atoms with E-state index < -0.39 is 6.10 Å². The summed E-state index contributed by atoms with van der Waals surface area (Å²) in [5.74, 6) is -0.0980. The number of hydrogen-bond donors (Lipinski definition) is 2. The monoisotopic (exact) mass is 262 g/mol. The Labute approximate surface area is 114 Å². The van der Waals surface area contributed by atoms with Crippen LogP contribution in [0.5, 0.6) is 0 Å². The first-order valence-corrected chi connectivity index (χ1v) is 6.89. The predicted octanol–water partition coefficient (Wildman–Crippen LogP) is 1.32. The Balaban J connectivity index is 2.05. The quantitative estimate of drug-likeness (QED) is 0.841. The van der Waals surface area contributed by atoms with Gasteiger partial charge in [0.15, 0.2) is 0 Å². The van der Waals surface area contributed by atoms with Crippen molar-refractivity contribution in [2.75, 3.05) is 19.6 Å². The summed E-state index contributed by atoms with van der Waals surface area (Å²) in [5, 5.41) is 13.3. The van der Waals surface area contributed by atoms with Gasteiger partial charge in [0.05, 0.1) is 6.04 Å². The third-order valence-corrected chi connectivity index (χ3v) is 3.56. The van der Waals surface area contributed by atoms with E-state index in [2.05, 4.69) is 10.2 Å². The van der Waals surface area contributed by atoms with E-state index >= 15 is 0 Å². The van der Waals surface area contributed by atoms with Crippen LogP contribution in [0.2, 0.25) is 0 Å². The molecule has 4 heteroatoms. The highest BCUT2D eigenvalue weighted by atomic mass is 16.3. The second-order valence-electron chi connectivity index (χ2n) is 5.17. The van der Waals surface area contributed by atoms with Crippen molar-refractivity contribution in [3.8, 4) is 0 Å². The van der Waals surface area contributed by atoms with Crippen LogP contribution in [0.4, 0.5) is 0 Å². The first-order valence-electron chi connectivity index (χ1n) is 6.89. The van der Waals surface area contributed by atoms with Gasteiger partial charge >= 0.3 is 0 Å². The molecular weight excluding hydrogens is 240 g/mol. The van der Waals surface area contributed by atoms with Gasteiger partial charge in [0, 0.05) is 13.5 Å². The maximum Gasteiger partial charge on any atom is 0.217 e. The number of nitrogens with zero attached hydrogens (tertiary/aromatic N) is 1. The molecule has 19 heavy (non-hydrogen) atoms. The lowest BCUT2D eigenvalue weighted by Gasteiger charge is -2.28. The third-order valence-electron chi connectivity index (χ3n) is 3.56. The summed E-state index contributed by atoms with van der Waals surface area (Å²) in [7, 11) is 0. The van der Waals surface area contributed by atoms with Gasteiger partial charge in [-0.15, -0.1) is 0 Å². The van der Waals surface area contributed by atoms with Gasteiger partial charge < -0.3 is 15.3 Å². The summed E-state index contributed by atoms with van der Waals surface area (Å²) >= 11 is 0. The van der Waals surface area contributed by atoms with E-state index in [1.54, 1.807) is 0 Å². The minimum absolute atomic E-state index is 0.0980. The van der Waals surface area contributed by atoms with Crippen molar-refractivity contribution in [3.05, 3.63) is 35.9 Å². The molecule has 104 valence electrons. The van der Waals surface area contributed by atoms with Crippen LogP contribution in [0.1, 0.15) is 31.4 Å². The van der Waals surface area contributed by atoms with E-state index in [1.807, 2.05) is 30.3 Å².